The van der Waals surface area contributed by atoms with E-state index in [9.17, 15) is 23.1 Å². The van der Waals surface area contributed by atoms with Crippen molar-refractivity contribution in [3.63, 3.8) is 0 Å². The average molecular weight is 477 g/mol. The molecule has 12 heteroatoms. The number of anilines is 1. The van der Waals surface area contributed by atoms with Gasteiger partial charge in [0.1, 0.15) is 22.2 Å². The Morgan fingerprint density at radius 2 is 1.94 bits per heavy atom. The summed E-state index contributed by atoms with van der Waals surface area (Å²) in [6.07, 6.45) is -1.59. The third-order valence-electron chi connectivity index (χ3n) is 4.51. The summed E-state index contributed by atoms with van der Waals surface area (Å²) in [5, 5.41) is 12.9. The van der Waals surface area contributed by atoms with Gasteiger partial charge in [0.25, 0.3) is 5.91 Å². The van der Waals surface area contributed by atoms with Crippen molar-refractivity contribution in [3.05, 3.63) is 51.5 Å². The van der Waals surface area contributed by atoms with Gasteiger partial charge in [0.05, 0.1) is 12.3 Å². The van der Waals surface area contributed by atoms with Crippen LogP contribution in [0.15, 0.2) is 29.7 Å². The van der Waals surface area contributed by atoms with Crippen molar-refractivity contribution in [2.75, 3.05) is 24.7 Å². The monoisotopic (exact) mass is 476 g/mol. The van der Waals surface area contributed by atoms with Crippen LogP contribution in [0.25, 0.3) is 0 Å². The van der Waals surface area contributed by atoms with Gasteiger partial charge >= 0.3 is 6.18 Å². The van der Waals surface area contributed by atoms with Crippen LogP contribution < -0.4 is 4.90 Å². The number of rotatable bonds is 6. The summed E-state index contributed by atoms with van der Waals surface area (Å²) >= 11 is 12.0. The maximum Gasteiger partial charge on any atom is 0.425 e. The third-order valence-corrected chi connectivity index (χ3v) is 5.08. The second-order valence-electron chi connectivity index (χ2n) is 6.63. The molecule has 166 valence electrons. The number of benzene rings is 1. The van der Waals surface area contributed by atoms with E-state index in [0.29, 0.717) is 36.2 Å². The standard InChI is InChI=1S/C19H17Cl2F3N4O3/c20-16-15(17(21)26-10-25-16)18(30)28(6-7-29)12-4-5-13-11(8-12)2-1-3-14(13)27-31-9-19(22,23)24/h4-5,8,10,29H,1-3,6-7,9H2/b27-14-. The number of fused-ring (bicyclic) bond motifs is 1. The lowest BCUT2D eigenvalue weighted by Crippen LogP contribution is -2.34. The Kier molecular flexibility index (Phi) is 7.34. The molecule has 1 aromatic heterocycles. The van der Waals surface area contributed by atoms with Gasteiger partial charge in [0.15, 0.2) is 0 Å². The van der Waals surface area contributed by atoms with Gasteiger partial charge in [0, 0.05) is 17.8 Å². The molecule has 1 aliphatic carbocycles. The van der Waals surface area contributed by atoms with Crippen molar-refractivity contribution in [1.29, 1.82) is 0 Å². The van der Waals surface area contributed by atoms with E-state index in [1.165, 1.54) is 4.90 Å². The first-order valence-electron chi connectivity index (χ1n) is 9.19. The number of alkyl halides is 3. The Balaban J connectivity index is 1.91. The maximum absolute atomic E-state index is 13.1. The van der Waals surface area contributed by atoms with Crippen LogP contribution in [0.3, 0.4) is 0 Å². The largest absolute Gasteiger partial charge is 0.425 e. The van der Waals surface area contributed by atoms with E-state index in [1.54, 1.807) is 18.2 Å². The van der Waals surface area contributed by atoms with E-state index in [2.05, 4.69) is 20.0 Å². The number of halogens is 5. The minimum atomic E-state index is -4.47. The third kappa shape index (κ3) is 5.63. The number of hydrogen-bond donors (Lipinski definition) is 1. The SMILES string of the molecule is O=C(c1c(Cl)ncnc1Cl)N(CCO)c1ccc2c(c1)CCC/C2=N/OCC(F)(F)F. The highest BCUT2D eigenvalue weighted by Crippen LogP contribution is 2.30. The van der Waals surface area contributed by atoms with E-state index in [4.69, 9.17) is 23.2 Å². The normalized spacial score (nSPS) is 15.0. The Hall–Kier alpha value is -2.43. The first kappa shape index (κ1) is 23.2. The van der Waals surface area contributed by atoms with Gasteiger partial charge in [-0.1, -0.05) is 34.4 Å². The molecule has 0 unspecified atom stereocenters. The van der Waals surface area contributed by atoms with E-state index in [0.717, 1.165) is 11.9 Å². The lowest BCUT2D eigenvalue weighted by Gasteiger charge is -2.25. The first-order chi connectivity index (χ1) is 14.7. The highest BCUT2D eigenvalue weighted by Gasteiger charge is 2.29. The summed E-state index contributed by atoms with van der Waals surface area (Å²) in [4.78, 5) is 26.3. The van der Waals surface area contributed by atoms with Crippen LogP contribution in [-0.4, -0.2) is 52.6 Å². The zero-order chi connectivity index (χ0) is 22.6. The van der Waals surface area contributed by atoms with Gasteiger partial charge in [-0.2, -0.15) is 13.2 Å². The number of aryl methyl sites for hydroxylation is 1. The van der Waals surface area contributed by atoms with Crippen molar-refractivity contribution >= 4 is 40.5 Å². The maximum atomic E-state index is 13.1. The molecule has 1 heterocycles. The number of carbonyl (C=O) groups is 1. The molecule has 0 bridgehead atoms. The first-order valence-corrected chi connectivity index (χ1v) is 9.94. The van der Waals surface area contributed by atoms with Crippen molar-refractivity contribution in [3.8, 4) is 0 Å². The highest BCUT2D eigenvalue weighted by molar-refractivity contribution is 6.39. The summed E-state index contributed by atoms with van der Waals surface area (Å²) < 4.78 is 36.9. The van der Waals surface area contributed by atoms with Crippen LogP contribution in [-0.2, 0) is 11.3 Å². The quantitative estimate of drug-likeness (QED) is 0.501. The van der Waals surface area contributed by atoms with E-state index >= 15 is 0 Å². The van der Waals surface area contributed by atoms with Gasteiger partial charge in [-0.05, 0) is 37.0 Å². The molecule has 0 saturated carbocycles. The highest BCUT2D eigenvalue weighted by atomic mass is 35.5. The van der Waals surface area contributed by atoms with Crippen molar-refractivity contribution in [2.45, 2.75) is 25.4 Å². The number of aliphatic hydroxyl groups is 1. The molecule has 0 saturated heterocycles. The van der Waals surface area contributed by atoms with Gasteiger partial charge < -0.3 is 14.8 Å². The van der Waals surface area contributed by atoms with Gasteiger partial charge in [-0.3, -0.25) is 4.79 Å². The smallest absolute Gasteiger partial charge is 0.395 e. The van der Waals surface area contributed by atoms with Crippen LogP contribution in [0.5, 0.6) is 0 Å². The van der Waals surface area contributed by atoms with Crippen molar-refractivity contribution < 1.29 is 27.9 Å². The lowest BCUT2D eigenvalue weighted by molar-refractivity contribution is -0.173. The minimum Gasteiger partial charge on any atom is -0.395 e. The molecule has 1 N–H and O–H groups in total. The van der Waals surface area contributed by atoms with E-state index < -0.39 is 18.7 Å². The van der Waals surface area contributed by atoms with Gasteiger partial charge in [0.2, 0.25) is 6.61 Å². The second-order valence-corrected chi connectivity index (χ2v) is 7.35. The summed E-state index contributed by atoms with van der Waals surface area (Å²) in [6.45, 7) is -1.85. The fraction of sp³-hybridized carbons (Fsp3) is 0.368. The summed E-state index contributed by atoms with van der Waals surface area (Å²) in [5.74, 6) is -0.595. The summed E-state index contributed by atoms with van der Waals surface area (Å²) in [7, 11) is 0. The number of aliphatic hydroxyl groups excluding tert-OH is 1. The van der Waals surface area contributed by atoms with Gasteiger partial charge in [-0.25, -0.2) is 9.97 Å². The Morgan fingerprint density at radius 1 is 1.23 bits per heavy atom. The van der Waals surface area contributed by atoms with Crippen LogP contribution in [0, 0.1) is 0 Å². The predicted octanol–water partition coefficient (Wildman–Crippen LogP) is 4.04. The molecule has 0 aliphatic heterocycles. The molecule has 0 atom stereocenters. The number of nitrogens with zero attached hydrogens (tertiary/aromatic N) is 4. The second kappa shape index (κ2) is 9.80. The van der Waals surface area contributed by atoms with Crippen molar-refractivity contribution in [1.82, 2.24) is 9.97 Å². The molecule has 0 radical (unpaired) electrons. The number of carbonyl (C=O) groups excluding carboxylic acids is 1. The molecule has 0 fully saturated rings. The molecule has 3 rings (SSSR count). The number of oxime groups is 1. The molecule has 0 spiro atoms. The van der Waals surface area contributed by atoms with Crippen molar-refractivity contribution in [2.24, 2.45) is 5.16 Å². The van der Waals surface area contributed by atoms with E-state index in [-0.39, 0.29) is 29.0 Å². The molecule has 1 aliphatic rings. The number of amides is 1. The van der Waals surface area contributed by atoms with Crippen LogP contribution in [0.1, 0.15) is 34.3 Å². The van der Waals surface area contributed by atoms with Crippen LogP contribution in [0.4, 0.5) is 18.9 Å². The van der Waals surface area contributed by atoms with Crippen LogP contribution in [0.2, 0.25) is 10.3 Å². The topological polar surface area (TPSA) is 87.9 Å². The zero-order valence-electron chi connectivity index (χ0n) is 16.0. The minimum absolute atomic E-state index is 0.0468. The molecule has 7 nitrogen and oxygen atoms in total. The lowest BCUT2D eigenvalue weighted by atomic mass is 9.89. The zero-order valence-corrected chi connectivity index (χ0v) is 17.5. The fourth-order valence-corrected chi connectivity index (χ4v) is 3.68. The summed E-state index contributed by atoms with van der Waals surface area (Å²) in [6, 6.07) is 4.97. The Bertz CT molecular complexity index is 982. The number of hydrogen-bond acceptors (Lipinski definition) is 6. The van der Waals surface area contributed by atoms with Crippen LogP contribution >= 0.6 is 23.2 Å². The van der Waals surface area contributed by atoms with Gasteiger partial charge in [-0.15, -0.1) is 0 Å². The Morgan fingerprint density at radius 3 is 2.58 bits per heavy atom. The molecule has 2 aromatic rings. The molecule has 1 amide bonds. The molecule has 1 aromatic carbocycles. The molecular formula is C19H17Cl2F3N4O3. The number of aromatic nitrogens is 2. The average Bonchev–Trinajstić information content (AvgIpc) is 2.70. The Labute approximate surface area is 185 Å². The van der Waals surface area contributed by atoms with E-state index in [1.807, 2.05) is 0 Å². The predicted molar refractivity (Wildman–Crippen MR) is 109 cm³/mol. The summed E-state index contributed by atoms with van der Waals surface area (Å²) in [5.41, 5.74) is 2.19. The fourth-order valence-electron chi connectivity index (χ4n) is 3.20. The molecular weight excluding hydrogens is 460 g/mol. The molecule has 31 heavy (non-hydrogen) atoms.